The second-order valence-electron chi connectivity index (χ2n) is 18.6. The summed E-state index contributed by atoms with van der Waals surface area (Å²) in [5.41, 5.74) is 16.0. The molecular weight excluding hydrogens is 789 g/mol. The van der Waals surface area contributed by atoms with Gasteiger partial charge < -0.3 is 0 Å². The molecule has 2 unspecified atom stereocenters. The van der Waals surface area contributed by atoms with Crippen LogP contribution in [0.5, 0.6) is 0 Å². The number of rotatable bonds is 9. The van der Waals surface area contributed by atoms with E-state index in [1.54, 1.807) is 5.56 Å². The zero-order valence-corrected chi connectivity index (χ0v) is 37.3. The molecule has 0 bridgehead atoms. The molecule has 2 aliphatic carbocycles. The molecule has 0 nitrogen and oxygen atoms in total. The van der Waals surface area contributed by atoms with E-state index in [4.69, 9.17) is 0 Å². The van der Waals surface area contributed by atoms with Crippen molar-refractivity contribution in [1.29, 1.82) is 0 Å². The summed E-state index contributed by atoms with van der Waals surface area (Å²) in [5.74, 6) is 1.03. The summed E-state index contributed by atoms with van der Waals surface area (Å²) in [6.45, 7) is 2.49. The van der Waals surface area contributed by atoms with Gasteiger partial charge in [0, 0.05) is 20.2 Å². The highest BCUT2D eigenvalue weighted by molar-refractivity contribution is 7.25. The number of hydrogen-bond acceptors (Lipinski definition) is 1. The largest absolute Gasteiger partial charge is 0.135 e. The molecule has 310 valence electrons. The average Bonchev–Trinajstić information content (AvgIpc) is 3.89. The van der Waals surface area contributed by atoms with Gasteiger partial charge in [0.1, 0.15) is 0 Å². The van der Waals surface area contributed by atoms with Crippen LogP contribution in [0, 0.1) is 0 Å². The SMILES string of the molecule is CC(c1ccc2c(c1)C(c1ccccc1)(c1ccccc1)c1cc(C3CCCCC3)c3ccccc3c1-2)C(Cc1cccc(-c2ccccc2)c1)c1ccc2sc3ccccc3c2c1. The normalized spacial score (nSPS) is 15.6. The second kappa shape index (κ2) is 16.2. The Morgan fingerprint density at radius 2 is 1.11 bits per heavy atom. The molecule has 0 amide bonds. The number of thiophene rings is 1. The average molecular weight is 841 g/mol. The van der Waals surface area contributed by atoms with E-state index in [1.807, 2.05) is 11.3 Å². The number of benzene rings is 9. The molecule has 0 spiro atoms. The second-order valence-corrected chi connectivity index (χ2v) is 19.7. The van der Waals surface area contributed by atoms with Gasteiger partial charge in [0.05, 0.1) is 5.41 Å². The van der Waals surface area contributed by atoms with Crippen LogP contribution < -0.4 is 0 Å². The minimum Gasteiger partial charge on any atom is -0.135 e. The zero-order chi connectivity index (χ0) is 42.6. The van der Waals surface area contributed by atoms with E-state index in [2.05, 4.69) is 213 Å². The summed E-state index contributed by atoms with van der Waals surface area (Å²) in [6.07, 6.45) is 7.44. The van der Waals surface area contributed by atoms with Crippen LogP contribution in [0.15, 0.2) is 206 Å². The van der Waals surface area contributed by atoms with Crippen LogP contribution in [0.4, 0.5) is 0 Å². The van der Waals surface area contributed by atoms with E-state index >= 15 is 0 Å². The summed E-state index contributed by atoms with van der Waals surface area (Å²) in [7, 11) is 0. The van der Waals surface area contributed by atoms with E-state index < -0.39 is 5.41 Å². The quantitative estimate of drug-likeness (QED) is 0.136. The van der Waals surface area contributed by atoms with Crippen molar-refractivity contribution >= 4 is 42.3 Å². The first-order valence-electron chi connectivity index (χ1n) is 23.5. The monoisotopic (exact) mass is 840 g/mol. The molecule has 0 radical (unpaired) electrons. The molecule has 9 aromatic carbocycles. The molecule has 0 aliphatic heterocycles. The van der Waals surface area contributed by atoms with Gasteiger partial charge in [0.25, 0.3) is 0 Å². The lowest BCUT2D eigenvalue weighted by molar-refractivity contribution is 0.445. The van der Waals surface area contributed by atoms with Gasteiger partial charge in [0.15, 0.2) is 0 Å². The van der Waals surface area contributed by atoms with Crippen molar-refractivity contribution in [1.82, 2.24) is 0 Å². The van der Waals surface area contributed by atoms with Crippen molar-refractivity contribution in [3.05, 3.63) is 251 Å². The Bertz CT molecular complexity index is 3260. The molecule has 2 atom stereocenters. The van der Waals surface area contributed by atoms with Gasteiger partial charge in [-0.05, 0) is 133 Å². The molecule has 1 fully saturated rings. The summed E-state index contributed by atoms with van der Waals surface area (Å²) in [6, 6.07) is 78.9. The highest BCUT2D eigenvalue weighted by Crippen LogP contribution is 2.60. The van der Waals surface area contributed by atoms with Gasteiger partial charge in [-0.2, -0.15) is 0 Å². The van der Waals surface area contributed by atoms with Crippen molar-refractivity contribution < 1.29 is 0 Å². The smallest absolute Gasteiger partial charge is 0.0713 e. The molecule has 1 saturated carbocycles. The first-order valence-corrected chi connectivity index (χ1v) is 24.3. The minimum atomic E-state index is -0.482. The van der Waals surface area contributed by atoms with Crippen LogP contribution in [0.3, 0.4) is 0 Å². The van der Waals surface area contributed by atoms with Gasteiger partial charge in [-0.15, -0.1) is 11.3 Å². The fraction of sp³-hybridized carbons (Fsp3) is 0.175. The van der Waals surface area contributed by atoms with Crippen LogP contribution in [0.1, 0.15) is 101 Å². The lowest BCUT2D eigenvalue weighted by Crippen LogP contribution is -2.29. The molecule has 12 rings (SSSR count). The van der Waals surface area contributed by atoms with Gasteiger partial charge >= 0.3 is 0 Å². The van der Waals surface area contributed by atoms with E-state index in [0.717, 1.165) is 6.42 Å². The maximum absolute atomic E-state index is 2.68. The van der Waals surface area contributed by atoms with Crippen molar-refractivity contribution in [2.45, 2.75) is 68.6 Å². The third-order valence-corrected chi connectivity index (χ3v) is 16.3. The maximum Gasteiger partial charge on any atom is 0.0713 e. The van der Waals surface area contributed by atoms with Crippen molar-refractivity contribution in [2.24, 2.45) is 0 Å². The van der Waals surface area contributed by atoms with Gasteiger partial charge in [-0.3, -0.25) is 0 Å². The molecule has 2 aliphatic rings. The first kappa shape index (κ1) is 39.1. The topological polar surface area (TPSA) is 0 Å². The Kier molecular flexibility index (Phi) is 9.91. The first-order chi connectivity index (χ1) is 31.6. The number of hydrogen-bond donors (Lipinski definition) is 0. The third kappa shape index (κ3) is 6.47. The Morgan fingerprint density at radius 3 is 1.86 bits per heavy atom. The van der Waals surface area contributed by atoms with Crippen molar-refractivity contribution in [2.75, 3.05) is 0 Å². The summed E-state index contributed by atoms with van der Waals surface area (Å²) < 4.78 is 2.71. The fourth-order valence-corrected chi connectivity index (χ4v) is 13.1. The van der Waals surface area contributed by atoms with Crippen LogP contribution in [-0.2, 0) is 11.8 Å². The molecule has 10 aromatic rings. The molecule has 0 saturated heterocycles. The standard InChI is InChI=1S/C63H52S/c1-42(55(38-43-19-18-24-47(37-43)44-20-6-2-7-21-44)48-34-36-61-57(39-48)52-30-16-17-32-60(52)64-61)46-33-35-54-58(40-46)63(49-25-10-4-11-26-49,50-27-12-5-13-28-50)59-41-56(45-22-8-3-9-23-45)51-29-14-15-31-53(51)62(54)59/h2,4-7,10-21,24-37,39-42,45,55H,3,8-9,22-23,38H2,1H3. The molecule has 0 N–H and O–H groups in total. The fourth-order valence-electron chi connectivity index (χ4n) is 12.0. The van der Waals surface area contributed by atoms with Crippen LogP contribution in [-0.4, -0.2) is 0 Å². The maximum atomic E-state index is 2.68. The summed E-state index contributed by atoms with van der Waals surface area (Å²) in [4.78, 5) is 0. The number of fused-ring (bicyclic) bond motifs is 8. The van der Waals surface area contributed by atoms with Gasteiger partial charge in [-0.25, -0.2) is 0 Å². The lowest BCUT2D eigenvalue weighted by Gasteiger charge is -2.35. The predicted octanol–water partition coefficient (Wildman–Crippen LogP) is 17.4. The Morgan fingerprint density at radius 1 is 0.484 bits per heavy atom. The molecule has 1 aromatic heterocycles. The Balaban J connectivity index is 1.07. The minimum absolute atomic E-state index is 0.218. The lowest BCUT2D eigenvalue weighted by atomic mass is 9.66. The van der Waals surface area contributed by atoms with Gasteiger partial charge in [0.2, 0.25) is 0 Å². The van der Waals surface area contributed by atoms with Crippen LogP contribution >= 0.6 is 11.3 Å². The molecule has 1 heteroatoms. The van der Waals surface area contributed by atoms with Gasteiger partial charge in [-0.1, -0.05) is 214 Å². The van der Waals surface area contributed by atoms with Crippen molar-refractivity contribution in [3.8, 4) is 22.3 Å². The highest BCUT2D eigenvalue weighted by Gasteiger charge is 2.47. The third-order valence-electron chi connectivity index (χ3n) is 15.1. The Labute approximate surface area is 381 Å². The Hall–Kier alpha value is -6.54. The molecule has 1 heterocycles. The highest BCUT2D eigenvalue weighted by atomic mass is 32.1. The van der Waals surface area contributed by atoms with E-state index in [9.17, 15) is 0 Å². The molecular formula is C63H52S. The van der Waals surface area contributed by atoms with E-state index in [1.165, 1.54) is 124 Å². The zero-order valence-electron chi connectivity index (χ0n) is 36.5. The van der Waals surface area contributed by atoms with Crippen molar-refractivity contribution in [3.63, 3.8) is 0 Å². The van der Waals surface area contributed by atoms with Crippen LogP contribution in [0.2, 0.25) is 0 Å². The summed E-state index contributed by atoms with van der Waals surface area (Å²) >= 11 is 1.90. The van der Waals surface area contributed by atoms with Crippen LogP contribution in [0.25, 0.3) is 53.2 Å². The summed E-state index contributed by atoms with van der Waals surface area (Å²) in [5, 5.41) is 5.55. The predicted molar refractivity (Wildman–Crippen MR) is 273 cm³/mol. The molecule has 64 heavy (non-hydrogen) atoms. The van der Waals surface area contributed by atoms with E-state index in [-0.39, 0.29) is 11.8 Å². The van der Waals surface area contributed by atoms with E-state index in [0.29, 0.717) is 5.92 Å².